The van der Waals surface area contributed by atoms with Crippen LogP contribution in [0.4, 0.5) is 0 Å². The highest BCUT2D eigenvalue weighted by Gasteiger charge is 2.39. The summed E-state index contributed by atoms with van der Waals surface area (Å²) in [5.74, 6) is 2.36. The van der Waals surface area contributed by atoms with Gasteiger partial charge in [-0.15, -0.1) is 0 Å². The molecule has 2 bridgehead atoms. The van der Waals surface area contributed by atoms with Crippen molar-refractivity contribution in [2.45, 2.75) is 39.5 Å². The van der Waals surface area contributed by atoms with Crippen molar-refractivity contribution in [2.75, 3.05) is 19.8 Å². The molecule has 0 aliphatic heterocycles. The highest BCUT2D eigenvalue weighted by atomic mass is 16.5. The van der Waals surface area contributed by atoms with Gasteiger partial charge < -0.3 is 10.1 Å². The Balaban J connectivity index is 1.49. The Labute approximate surface area is 116 Å². The van der Waals surface area contributed by atoms with E-state index in [1.807, 2.05) is 0 Å². The van der Waals surface area contributed by atoms with Crippen molar-refractivity contribution in [3.05, 3.63) is 12.2 Å². The number of hydrogen-bond acceptors (Lipinski definition) is 2. The fourth-order valence-electron chi connectivity index (χ4n) is 3.02. The van der Waals surface area contributed by atoms with Crippen LogP contribution in [0.3, 0.4) is 0 Å². The third kappa shape index (κ3) is 4.34. The van der Waals surface area contributed by atoms with Gasteiger partial charge in [0.1, 0.15) is 0 Å². The van der Waals surface area contributed by atoms with E-state index in [4.69, 9.17) is 4.74 Å². The molecule has 1 amide bonds. The molecular formula is C16H27NO2. The number of nitrogens with one attached hydrogen (secondary N) is 1. The SMILES string of the molecule is CC(C)CCOCCCNC(=O)[C@H]1C[C@@H]2C=C[C@H]1C2. The molecular weight excluding hydrogens is 238 g/mol. The molecule has 0 spiro atoms. The van der Waals surface area contributed by atoms with Crippen molar-refractivity contribution in [2.24, 2.45) is 23.7 Å². The molecule has 19 heavy (non-hydrogen) atoms. The minimum atomic E-state index is 0.233. The lowest BCUT2D eigenvalue weighted by Gasteiger charge is -2.17. The monoisotopic (exact) mass is 265 g/mol. The lowest BCUT2D eigenvalue weighted by Crippen LogP contribution is -2.33. The summed E-state index contributed by atoms with van der Waals surface area (Å²) >= 11 is 0. The number of rotatable bonds is 8. The molecule has 2 rings (SSSR count). The van der Waals surface area contributed by atoms with Crippen LogP contribution in [-0.4, -0.2) is 25.7 Å². The van der Waals surface area contributed by atoms with Gasteiger partial charge in [0.2, 0.25) is 5.91 Å². The van der Waals surface area contributed by atoms with E-state index in [9.17, 15) is 4.79 Å². The van der Waals surface area contributed by atoms with E-state index < -0.39 is 0 Å². The molecule has 0 aromatic carbocycles. The molecule has 2 aliphatic carbocycles. The second kappa shape index (κ2) is 7.09. The molecule has 3 heteroatoms. The first kappa shape index (κ1) is 14.6. The number of hydrogen-bond donors (Lipinski definition) is 1. The summed E-state index contributed by atoms with van der Waals surface area (Å²) in [6.45, 7) is 6.74. The molecule has 1 fully saturated rings. The summed E-state index contributed by atoms with van der Waals surface area (Å²) in [4.78, 5) is 12.0. The van der Waals surface area contributed by atoms with Crippen LogP contribution in [0.25, 0.3) is 0 Å². The minimum Gasteiger partial charge on any atom is -0.381 e. The van der Waals surface area contributed by atoms with Gasteiger partial charge >= 0.3 is 0 Å². The summed E-state index contributed by atoms with van der Waals surface area (Å²) in [7, 11) is 0. The Bertz CT molecular complexity index is 325. The van der Waals surface area contributed by atoms with Crippen molar-refractivity contribution in [3.8, 4) is 0 Å². The third-order valence-corrected chi connectivity index (χ3v) is 4.22. The topological polar surface area (TPSA) is 38.3 Å². The van der Waals surface area contributed by atoms with Crippen LogP contribution in [0.1, 0.15) is 39.5 Å². The zero-order chi connectivity index (χ0) is 13.7. The molecule has 0 aromatic heterocycles. The Morgan fingerprint density at radius 1 is 1.32 bits per heavy atom. The fraction of sp³-hybridized carbons (Fsp3) is 0.812. The molecule has 0 aromatic rings. The zero-order valence-electron chi connectivity index (χ0n) is 12.2. The van der Waals surface area contributed by atoms with E-state index in [0.29, 0.717) is 17.8 Å². The van der Waals surface area contributed by atoms with Crippen molar-refractivity contribution in [1.29, 1.82) is 0 Å². The predicted molar refractivity (Wildman–Crippen MR) is 76.7 cm³/mol. The molecule has 2 aliphatic rings. The largest absolute Gasteiger partial charge is 0.381 e. The molecule has 108 valence electrons. The maximum atomic E-state index is 12.0. The molecule has 0 saturated heterocycles. The normalized spacial score (nSPS) is 28.3. The van der Waals surface area contributed by atoms with Crippen LogP contribution in [-0.2, 0) is 9.53 Å². The Morgan fingerprint density at radius 3 is 2.79 bits per heavy atom. The number of ether oxygens (including phenoxy) is 1. The highest BCUT2D eigenvalue weighted by molar-refractivity contribution is 5.79. The number of carbonyl (C=O) groups excluding carboxylic acids is 1. The Hall–Kier alpha value is -0.830. The van der Waals surface area contributed by atoms with Crippen molar-refractivity contribution in [3.63, 3.8) is 0 Å². The lowest BCUT2D eigenvalue weighted by molar-refractivity contribution is -0.125. The maximum Gasteiger partial charge on any atom is 0.223 e. The van der Waals surface area contributed by atoms with E-state index in [2.05, 4.69) is 31.3 Å². The molecule has 0 radical (unpaired) electrons. The average Bonchev–Trinajstić information content (AvgIpc) is 2.99. The lowest BCUT2D eigenvalue weighted by atomic mass is 9.93. The molecule has 0 unspecified atom stereocenters. The zero-order valence-corrected chi connectivity index (χ0v) is 12.2. The number of allylic oxidation sites excluding steroid dienone is 2. The van der Waals surface area contributed by atoms with Crippen LogP contribution >= 0.6 is 0 Å². The summed E-state index contributed by atoms with van der Waals surface area (Å²) in [6.07, 6.45) is 8.78. The van der Waals surface area contributed by atoms with Crippen molar-refractivity contribution < 1.29 is 9.53 Å². The first-order chi connectivity index (χ1) is 9.16. The molecule has 3 nitrogen and oxygen atoms in total. The van der Waals surface area contributed by atoms with Gasteiger partial charge in [-0.1, -0.05) is 26.0 Å². The fourth-order valence-corrected chi connectivity index (χ4v) is 3.02. The van der Waals surface area contributed by atoms with Gasteiger partial charge in [-0.05, 0) is 43.4 Å². The van der Waals surface area contributed by atoms with Gasteiger partial charge in [-0.3, -0.25) is 4.79 Å². The van der Waals surface area contributed by atoms with Gasteiger partial charge in [0.05, 0.1) is 0 Å². The standard InChI is InChI=1S/C16H27NO2/c1-12(2)6-9-19-8-3-7-17-16(18)15-11-13-4-5-14(15)10-13/h4-5,12-15H,3,6-11H2,1-2H3,(H,17,18)/t13-,14+,15+/m1/s1. The quantitative estimate of drug-likeness (QED) is 0.541. The van der Waals surface area contributed by atoms with Crippen LogP contribution in [0.15, 0.2) is 12.2 Å². The number of amides is 1. The van der Waals surface area contributed by atoms with E-state index in [1.165, 1.54) is 6.42 Å². The summed E-state index contributed by atoms with van der Waals surface area (Å²) in [6, 6.07) is 0. The summed E-state index contributed by atoms with van der Waals surface area (Å²) in [5, 5.41) is 3.06. The Kier molecular flexibility index (Phi) is 5.44. The first-order valence-corrected chi connectivity index (χ1v) is 7.70. The van der Waals surface area contributed by atoms with Crippen molar-refractivity contribution >= 4 is 5.91 Å². The highest BCUT2D eigenvalue weighted by Crippen LogP contribution is 2.43. The molecule has 3 atom stereocenters. The maximum absolute atomic E-state index is 12.0. The summed E-state index contributed by atoms with van der Waals surface area (Å²) in [5.41, 5.74) is 0. The van der Waals surface area contributed by atoms with Crippen LogP contribution in [0, 0.1) is 23.7 Å². The van der Waals surface area contributed by atoms with Gasteiger partial charge in [0.15, 0.2) is 0 Å². The first-order valence-electron chi connectivity index (χ1n) is 7.70. The smallest absolute Gasteiger partial charge is 0.223 e. The summed E-state index contributed by atoms with van der Waals surface area (Å²) < 4.78 is 5.54. The van der Waals surface area contributed by atoms with Gasteiger partial charge in [0.25, 0.3) is 0 Å². The average molecular weight is 265 g/mol. The minimum absolute atomic E-state index is 0.233. The second-order valence-electron chi connectivity index (χ2n) is 6.33. The van der Waals surface area contributed by atoms with Crippen LogP contribution < -0.4 is 5.32 Å². The molecule has 1 saturated carbocycles. The second-order valence-corrected chi connectivity index (χ2v) is 6.33. The van der Waals surface area contributed by atoms with E-state index in [0.717, 1.165) is 39.0 Å². The van der Waals surface area contributed by atoms with Crippen LogP contribution in [0.2, 0.25) is 0 Å². The molecule has 0 heterocycles. The van der Waals surface area contributed by atoms with Gasteiger partial charge in [0, 0.05) is 25.7 Å². The van der Waals surface area contributed by atoms with E-state index in [-0.39, 0.29) is 11.8 Å². The third-order valence-electron chi connectivity index (χ3n) is 4.22. The van der Waals surface area contributed by atoms with Crippen LogP contribution in [0.5, 0.6) is 0 Å². The number of carbonyl (C=O) groups is 1. The number of fused-ring (bicyclic) bond motifs is 2. The Morgan fingerprint density at radius 2 is 2.16 bits per heavy atom. The van der Waals surface area contributed by atoms with E-state index in [1.54, 1.807) is 0 Å². The van der Waals surface area contributed by atoms with Crippen molar-refractivity contribution in [1.82, 2.24) is 5.32 Å². The predicted octanol–water partition coefficient (Wildman–Crippen LogP) is 2.77. The van der Waals surface area contributed by atoms with Gasteiger partial charge in [-0.2, -0.15) is 0 Å². The van der Waals surface area contributed by atoms with Gasteiger partial charge in [-0.25, -0.2) is 0 Å². The van der Waals surface area contributed by atoms with E-state index >= 15 is 0 Å². The molecule has 1 N–H and O–H groups in total.